The van der Waals surface area contributed by atoms with Crippen molar-refractivity contribution in [2.24, 2.45) is 0 Å². The highest BCUT2D eigenvalue weighted by Crippen LogP contribution is 2.24. The predicted octanol–water partition coefficient (Wildman–Crippen LogP) is 3.35. The number of carbonyl (C=O) groups is 1. The van der Waals surface area contributed by atoms with Crippen LogP contribution in [0, 0.1) is 0 Å². The first-order valence-corrected chi connectivity index (χ1v) is 5.98. The van der Waals surface area contributed by atoms with Crippen molar-refractivity contribution in [3.8, 4) is 0 Å². The molecule has 0 heterocycles. The molecule has 0 aliphatic carbocycles. The minimum atomic E-state index is -0.0237. The number of hydrogen-bond acceptors (Lipinski definition) is 1. The molecule has 16 heavy (non-hydrogen) atoms. The van der Waals surface area contributed by atoms with Crippen LogP contribution >= 0.6 is 15.9 Å². The van der Waals surface area contributed by atoms with Gasteiger partial charge in [0, 0.05) is 16.6 Å². The summed E-state index contributed by atoms with van der Waals surface area (Å²) in [6.45, 7) is 2.56. The van der Waals surface area contributed by atoms with Gasteiger partial charge in [0.25, 0.3) is 5.91 Å². The van der Waals surface area contributed by atoms with E-state index < -0.39 is 0 Å². The third kappa shape index (κ3) is 2.09. The number of rotatable bonds is 2. The van der Waals surface area contributed by atoms with Crippen molar-refractivity contribution in [1.29, 1.82) is 0 Å². The Morgan fingerprint density at radius 2 is 2.12 bits per heavy atom. The summed E-state index contributed by atoms with van der Waals surface area (Å²) in [6.07, 6.45) is 0. The average molecular weight is 278 g/mol. The van der Waals surface area contributed by atoms with Gasteiger partial charge in [0.2, 0.25) is 0 Å². The first kappa shape index (κ1) is 11.1. The van der Waals surface area contributed by atoms with Crippen molar-refractivity contribution in [2.45, 2.75) is 6.92 Å². The largest absolute Gasteiger partial charge is 0.352 e. The average Bonchev–Trinajstić information content (AvgIpc) is 2.29. The van der Waals surface area contributed by atoms with Crippen molar-refractivity contribution in [2.75, 3.05) is 6.54 Å². The topological polar surface area (TPSA) is 29.1 Å². The molecular formula is C13H12BrNO. The fraction of sp³-hybridized carbons (Fsp3) is 0.154. The summed E-state index contributed by atoms with van der Waals surface area (Å²) in [6, 6.07) is 11.7. The van der Waals surface area contributed by atoms with E-state index >= 15 is 0 Å². The van der Waals surface area contributed by atoms with E-state index in [0.29, 0.717) is 12.1 Å². The Morgan fingerprint density at radius 1 is 1.31 bits per heavy atom. The highest BCUT2D eigenvalue weighted by atomic mass is 79.9. The normalized spacial score (nSPS) is 10.4. The molecule has 0 unspecified atom stereocenters. The zero-order valence-corrected chi connectivity index (χ0v) is 10.5. The number of amides is 1. The van der Waals surface area contributed by atoms with Gasteiger partial charge in [-0.1, -0.05) is 34.1 Å². The van der Waals surface area contributed by atoms with Crippen LogP contribution in [0.2, 0.25) is 0 Å². The number of carbonyl (C=O) groups excluding carboxylic acids is 1. The van der Waals surface area contributed by atoms with E-state index in [0.717, 1.165) is 15.2 Å². The fourth-order valence-electron chi connectivity index (χ4n) is 1.65. The second-order valence-electron chi connectivity index (χ2n) is 3.54. The monoisotopic (exact) mass is 277 g/mol. The molecule has 0 radical (unpaired) electrons. The molecule has 0 fully saturated rings. The molecule has 1 N–H and O–H groups in total. The highest BCUT2D eigenvalue weighted by molar-refractivity contribution is 9.10. The summed E-state index contributed by atoms with van der Waals surface area (Å²) in [5, 5.41) is 4.98. The minimum Gasteiger partial charge on any atom is -0.352 e. The van der Waals surface area contributed by atoms with Gasteiger partial charge < -0.3 is 5.32 Å². The van der Waals surface area contributed by atoms with E-state index in [4.69, 9.17) is 0 Å². The van der Waals surface area contributed by atoms with E-state index in [1.807, 2.05) is 43.3 Å². The van der Waals surface area contributed by atoms with Crippen LogP contribution in [0.15, 0.2) is 40.9 Å². The van der Waals surface area contributed by atoms with Gasteiger partial charge in [0.05, 0.1) is 0 Å². The van der Waals surface area contributed by atoms with Gasteiger partial charge in [0.1, 0.15) is 0 Å². The first-order valence-electron chi connectivity index (χ1n) is 5.19. The minimum absolute atomic E-state index is 0.0237. The molecule has 3 heteroatoms. The van der Waals surface area contributed by atoms with Crippen LogP contribution in [0.1, 0.15) is 17.3 Å². The van der Waals surface area contributed by atoms with Crippen LogP contribution in [-0.2, 0) is 0 Å². The zero-order valence-electron chi connectivity index (χ0n) is 8.96. The van der Waals surface area contributed by atoms with Crippen LogP contribution in [-0.4, -0.2) is 12.5 Å². The molecule has 0 aromatic heterocycles. The number of halogens is 1. The lowest BCUT2D eigenvalue weighted by molar-refractivity contribution is 0.0956. The van der Waals surface area contributed by atoms with Crippen LogP contribution in [0.25, 0.3) is 10.8 Å². The molecule has 2 rings (SSSR count). The molecule has 2 aromatic rings. The SMILES string of the molecule is CCNC(=O)c1ccc2c(Br)cccc2c1. The van der Waals surface area contributed by atoms with E-state index in [2.05, 4.69) is 21.2 Å². The Labute approximate surface area is 103 Å². The molecule has 1 amide bonds. The Kier molecular flexibility index (Phi) is 3.25. The molecule has 0 atom stereocenters. The van der Waals surface area contributed by atoms with Gasteiger partial charge in [-0.15, -0.1) is 0 Å². The van der Waals surface area contributed by atoms with Gasteiger partial charge in [-0.05, 0) is 35.9 Å². The Balaban J connectivity index is 2.48. The summed E-state index contributed by atoms with van der Waals surface area (Å²) in [4.78, 5) is 11.7. The lowest BCUT2D eigenvalue weighted by Crippen LogP contribution is -2.22. The molecule has 2 aromatic carbocycles. The summed E-state index contributed by atoms with van der Waals surface area (Å²) in [5.74, 6) is -0.0237. The van der Waals surface area contributed by atoms with Crippen molar-refractivity contribution >= 4 is 32.6 Å². The van der Waals surface area contributed by atoms with E-state index in [-0.39, 0.29) is 5.91 Å². The maximum absolute atomic E-state index is 11.7. The first-order chi connectivity index (χ1) is 7.72. The zero-order chi connectivity index (χ0) is 11.5. The summed E-state index contributed by atoms with van der Waals surface area (Å²) >= 11 is 3.49. The maximum atomic E-state index is 11.7. The fourth-order valence-corrected chi connectivity index (χ4v) is 2.16. The molecule has 0 spiro atoms. The van der Waals surface area contributed by atoms with Crippen molar-refractivity contribution in [1.82, 2.24) is 5.32 Å². The van der Waals surface area contributed by atoms with Crippen molar-refractivity contribution in [3.05, 3.63) is 46.4 Å². The molecule has 0 aliphatic rings. The van der Waals surface area contributed by atoms with Gasteiger partial charge >= 0.3 is 0 Å². The van der Waals surface area contributed by atoms with Crippen LogP contribution < -0.4 is 5.32 Å². The summed E-state index contributed by atoms with van der Waals surface area (Å²) in [5.41, 5.74) is 0.701. The van der Waals surface area contributed by atoms with Crippen LogP contribution in [0.5, 0.6) is 0 Å². The van der Waals surface area contributed by atoms with E-state index in [9.17, 15) is 4.79 Å². The van der Waals surface area contributed by atoms with E-state index in [1.165, 1.54) is 0 Å². The molecule has 0 bridgehead atoms. The van der Waals surface area contributed by atoms with Gasteiger partial charge in [-0.25, -0.2) is 0 Å². The Bertz CT molecular complexity index is 536. The second-order valence-corrected chi connectivity index (χ2v) is 4.39. The van der Waals surface area contributed by atoms with Crippen LogP contribution in [0.3, 0.4) is 0 Å². The lowest BCUT2D eigenvalue weighted by Gasteiger charge is -2.05. The molecule has 0 saturated heterocycles. The third-order valence-corrected chi connectivity index (χ3v) is 3.12. The molecular weight excluding hydrogens is 266 g/mol. The van der Waals surface area contributed by atoms with Gasteiger partial charge in [0.15, 0.2) is 0 Å². The number of nitrogens with one attached hydrogen (secondary N) is 1. The summed E-state index contributed by atoms with van der Waals surface area (Å²) < 4.78 is 1.05. The van der Waals surface area contributed by atoms with Gasteiger partial charge in [-0.3, -0.25) is 4.79 Å². The quantitative estimate of drug-likeness (QED) is 0.896. The molecule has 2 nitrogen and oxygen atoms in total. The predicted molar refractivity (Wildman–Crippen MR) is 69.7 cm³/mol. The molecule has 0 aliphatic heterocycles. The second kappa shape index (κ2) is 4.66. The van der Waals surface area contributed by atoms with E-state index in [1.54, 1.807) is 0 Å². The lowest BCUT2D eigenvalue weighted by atomic mass is 10.1. The molecule has 82 valence electrons. The van der Waals surface area contributed by atoms with Crippen LogP contribution in [0.4, 0.5) is 0 Å². The Morgan fingerprint density at radius 3 is 2.88 bits per heavy atom. The summed E-state index contributed by atoms with van der Waals surface area (Å²) in [7, 11) is 0. The number of hydrogen-bond donors (Lipinski definition) is 1. The Hall–Kier alpha value is -1.35. The number of fused-ring (bicyclic) bond motifs is 1. The smallest absolute Gasteiger partial charge is 0.251 e. The number of benzene rings is 2. The standard InChI is InChI=1S/C13H12BrNO/c1-2-15-13(16)10-6-7-11-9(8-10)4-3-5-12(11)14/h3-8H,2H2,1H3,(H,15,16). The van der Waals surface area contributed by atoms with Crippen molar-refractivity contribution < 1.29 is 4.79 Å². The maximum Gasteiger partial charge on any atom is 0.251 e. The third-order valence-electron chi connectivity index (χ3n) is 2.43. The van der Waals surface area contributed by atoms with Gasteiger partial charge in [-0.2, -0.15) is 0 Å². The highest BCUT2D eigenvalue weighted by Gasteiger charge is 2.05. The molecule has 0 saturated carbocycles. The van der Waals surface area contributed by atoms with Crippen molar-refractivity contribution in [3.63, 3.8) is 0 Å².